The number of methoxy groups -OCH3 is 1. The summed E-state index contributed by atoms with van der Waals surface area (Å²) in [4.78, 5) is 12.0. The van der Waals surface area contributed by atoms with Gasteiger partial charge in [-0.25, -0.2) is 4.79 Å². The van der Waals surface area contributed by atoms with Crippen LogP contribution < -0.4 is 0 Å². The lowest BCUT2D eigenvalue weighted by molar-refractivity contribution is 0.0601. The fourth-order valence-electron chi connectivity index (χ4n) is 4.33. The summed E-state index contributed by atoms with van der Waals surface area (Å²) in [6.07, 6.45) is 9.05. The molecule has 1 heterocycles. The second kappa shape index (κ2) is 6.91. The van der Waals surface area contributed by atoms with E-state index in [0.29, 0.717) is 11.6 Å². The molecule has 3 heteroatoms. The number of carbonyl (C=O) groups is 1. The van der Waals surface area contributed by atoms with E-state index in [1.54, 1.807) is 0 Å². The number of benzene rings is 2. The van der Waals surface area contributed by atoms with E-state index in [4.69, 9.17) is 4.74 Å². The Morgan fingerprint density at radius 3 is 2.36 bits per heavy atom. The molecule has 1 fully saturated rings. The molecule has 1 aromatic heterocycles. The molecule has 0 radical (unpaired) electrons. The van der Waals surface area contributed by atoms with Crippen LogP contribution in [0.5, 0.6) is 0 Å². The third-order valence-electron chi connectivity index (χ3n) is 5.57. The minimum Gasteiger partial charge on any atom is -0.465 e. The fraction of sp³-hybridized carbons (Fsp3) is 0.409. The predicted molar refractivity (Wildman–Crippen MR) is 102 cm³/mol. The Morgan fingerprint density at radius 1 is 0.920 bits per heavy atom. The van der Waals surface area contributed by atoms with E-state index in [2.05, 4.69) is 34.9 Å². The fourth-order valence-corrected chi connectivity index (χ4v) is 4.33. The number of aromatic nitrogens is 1. The molecule has 130 valence electrons. The van der Waals surface area contributed by atoms with Crippen molar-refractivity contribution in [2.45, 2.75) is 51.0 Å². The molecular formula is C22H25NO2. The largest absolute Gasteiger partial charge is 0.465 e. The Kier molecular flexibility index (Phi) is 4.48. The molecule has 0 atom stereocenters. The lowest BCUT2D eigenvalue weighted by Crippen LogP contribution is -2.11. The van der Waals surface area contributed by atoms with Crippen molar-refractivity contribution >= 4 is 27.8 Å². The molecular weight excluding hydrogens is 310 g/mol. The molecule has 1 aliphatic rings. The molecule has 0 bridgehead atoms. The molecule has 4 rings (SSSR count). The standard InChI is InChI=1S/C22H25NO2/c1-25-22(24)16-13-14-19-18-11-7-8-12-20(18)23(21(19)15-16)17-9-5-3-2-4-6-10-17/h7-8,11-15,17H,2-6,9-10H2,1H3. The van der Waals surface area contributed by atoms with Crippen molar-refractivity contribution in [1.82, 2.24) is 4.57 Å². The zero-order valence-corrected chi connectivity index (χ0v) is 14.8. The number of esters is 1. The van der Waals surface area contributed by atoms with Gasteiger partial charge in [0.05, 0.1) is 18.2 Å². The SMILES string of the molecule is COC(=O)c1ccc2c3ccccc3n(C3CCCCCCC3)c2c1. The zero-order valence-electron chi connectivity index (χ0n) is 14.8. The van der Waals surface area contributed by atoms with Gasteiger partial charge in [-0.3, -0.25) is 0 Å². The lowest BCUT2D eigenvalue weighted by Gasteiger charge is -2.23. The van der Waals surface area contributed by atoms with Crippen LogP contribution in [0.25, 0.3) is 21.8 Å². The Hall–Kier alpha value is -2.29. The summed E-state index contributed by atoms with van der Waals surface area (Å²) in [6.45, 7) is 0. The van der Waals surface area contributed by atoms with E-state index >= 15 is 0 Å². The minimum atomic E-state index is -0.267. The molecule has 1 saturated carbocycles. The Morgan fingerprint density at radius 2 is 1.60 bits per heavy atom. The number of hydrogen-bond donors (Lipinski definition) is 0. The molecule has 25 heavy (non-hydrogen) atoms. The number of ether oxygens (including phenoxy) is 1. The molecule has 3 aromatic rings. The van der Waals surface area contributed by atoms with Crippen molar-refractivity contribution in [3.05, 3.63) is 48.0 Å². The van der Waals surface area contributed by atoms with Crippen molar-refractivity contribution in [2.24, 2.45) is 0 Å². The summed E-state index contributed by atoms with van der Waals surface area (Å²) in [6, 6.07) is 15.1. The summed E-state index contributed by atoms with van der Waals surface area (Å²) < 4.78 is 7.42. The Balaban J connectivity index is 1.93. The molecule has 0 amide bonds. The topological polar surface area (TPSA) is 31.2 Å². The van der Waals surface area contributed by atoms with Gasteiger partial charge in [0.2, 0.25) is 0 Å². The van der Waals surface area contributed by atoms with Gasteiger partial charge in [-0.2, -0.15) is 0 Å². The molecule has 0 aliphatic heterocycles. The normalized spacial score (nSPS) is 16.7. The number of rotatable bonds is 2. The van der Waals surface area contributed by atoms with Crippen molar-refractivity contribution < 1.29 is 9.53 Å². The van der Waals surface area contributed by atoms with Gasteiger partial charge in [0.25, 0.3) is 0 Å². The van der Waals surface area contributed by atoms with Crippen LogP contribution >= 0.6 is 0 Å². The third-order valence-corrected chi connectivity index (χ3v) is 5.57. The molecule has 0 spiro atoms. The third kappa shape index (κ3) is 2.92. The van der Waals surface area contributed by atoms with Gasteiger partial charge in [0.1, 0.15) is 0 Å². The lowest BCUT2D eigenvalue weighted by atomic mass is 9.96. The highest BCUT2D eigenvalue weighted by Gasteiger charge is 2.20. The smallest absolute Gasteiger partial charge is 0.337 e. The predicted octanol–water partition coefficient (Wildman–Crippen LogP) is 5.87. The van der Waals surface area contributed by atoms with Gasteiger partial charge < -0.3 is 9.30 Å². The quantitative estimate of drug-likeness (QED) is 0.549. The first-order chi connectivity index (χ1) is 12.3. The Bertz CT molecular complexity index is 901. The summed E-state index contributed by atoms with van der Waals surface area (Å²) in [5, 5.41) is 2.50. The first-order valence-electron chi connectivity index (χ1n) is 9.40. The number of carbonyl (C=O) groups excluding carboxylic acids is 1. The van der Waals surface area contributed by atoms with Crippen LogP contribution in [0.3, 0.4) is 0 Å². The van der Waals surface area contributed by atoms with E-state index in [1.165, 1.54) is 68.3 Å². The van der Waals surface area contributed by atoms with Crippen molar-refractivity contribution in [1.29, 1.82) is 0 Å². The summed E-state index contributed by atoms with van der Waals surface area (Å²) >= 11 is 0. The number of nitrogens with zero attached hydrogens (tertiary/aromatic N) is 1. The zero-order chi connectivity index (χ0) is 17.2. The van der Waals surface area contributed by atoms with Gasteiger partial charge in [0, 0.05) is 22.3 Å². The highest BCUT2D eigenvalue weighted by Crippen LogP contribution is 2.37. The van der Waals surface area contributed by atoms with Gasteiger partial charge in [-0.1, -0.05) is 56.4 Å². The van der Waals surface area contributed by atoms with Crippen LogP contribution in [0, 0.1) is 0 Å². The number of para-hydroxylation sites is 1. The van der Waals surface area contributed by atoms with Crippen LogP contribution in [0.15, 0.2) is 42.5 Å². The molecule has 0 saturated heterocycles. The summed E-state index contributed by atoms with van der Waals surface area (Å²) in [5.74, 6) is -0.267. The Labute approximate surface area is 148 Å². The van der Waals surface area contributed by atoms with E-state index < -0.39 is 0 Å². The van der Waals surface area contributed by atoms with Crippen LogP contribution in [-0.4, -0.2) is 17.6 Å². The first-order valence-corrected chi connectivity index (χ1v) is 9.40. The van der Waals surface area contributed by atoms with Gasteiger partial charge >= 0.3 is 5.97 Å². The second-order valence-corrected chi connectivity index (χ2v) is 7.11. The van der Waals surface area contributed by atoms with Gasteiger partial charge in [-0.05, 0) is 31.0 Å². The van der Waals surface area contributed by atoms with Gasteiger partial charge in [0.15, 0.2) is 0 Å². The summed E-state index contributed by atoms with van der Waals surface area (Å²) in [5.41, 5.74) is 3.07. The molecule has 0 unspecified atom stereocenters. The van der Waals surface area contributed by atoms with Crippen LogP contribution in [0.4, 0.5) is 0 Å². The van der Waals surface area contributed by atoms with Gasteiger partial charge in [-0.15, -0.1) is 0 Å². The van der Waals surface area contributed by atoms with Crippen molar-refractivity contribution in [3.8, 4) is 0 Å². The average Bonchev–Trinajstić information content (AvgIpc) is 2.95. The molecule has 1 aliphatic carbocycles. The second-order valence-electron chi connectivity index (χ2n) is 7.11. The van der Waals surface area contributed by atoms with E-state index in [9.17, 15) is 4.79 Å². The van der Waals surface area contributed by atoms with E-state index in [0.717, 1.165) is 5.52 Å². The molecule has 0 N–H and O–H groups in total. The number of hydrogen-bond acceptors (Lipinski definition) is 2. The monoisotopic (exact) mass is 335 g/mol. The maximum absolute atomic E-state index is 12.0. The van der Waals surface area contributed by atoms with Crippen LogP contribution in [-0.2, 0) is 4.74 Å². The highest BCUT2D eigenvalue weighted by molar-refractivity contribution is 6.09. The molecule has 2 aromatic carbocycles. The van der Waals surface area contributed by atoms with Crippen LogP contribution in [0.2, 0.25) is 0 Å². The highest BCUT2D eigenvalue weighted by atomic mass is 16.5. The average molecular weight is 335 g/mol. The molecule has 3 nitrogen and oxygen atoms in total. The first kappa shape index (κ1) is 16.2. The maximum Gasteiger partial charge on any atom is 0.337 e. The summed E-state index contributed by atoms with van der Waals surface area (Å²) in [7, 11) is 1.44. The van der Waals surface area contributed by atoms with Crippen molar-refractivity contribution in [2.75, 3.05) is 7.11 Å². The van der Waals surface area contributed by atoms with E-state index in [-0.39, 0.29) is 5.97 Å². The van der Waals surface area contributed by atoms with E-state index in [1.807, 2.05) is 12.1 Å². The maximum atomic E-state index is 12.0. The number of fused-ring (bicyclic) bond motifs is 3. The van der Waals surface area contributed by atoms with Crippen LogP contribution in [0.1, 0.15) is 61.3 Å². The minimum absolute atomic E-state index is 0.267. The van der Waals surface area contributed by atoms with Crippen molar-refractivity contribution in [3.63, 3.8) is 0 Å².